The number of amides is 1. The highest BCUT2D eigenvalue weighted by atomic mass is 16.1. The van der Waals surface area contributed by atoms with Crippen molar-refractivity contribution in [1.82, 2.24) is 10.6 Å². The van der Waals surface area contributed by atoms with Crippen molar-refractivity contribution in [3.63, 3.8) is 0 Å². The number of nitrogens with one attached hydrogen (secondary N) is 2. The zero-order valence-corrected chi connectivity index (χ0v) is 12.5. The first-order valence-corrected chi connectivity index (χ1v) is 7.51. The van der Waals surface area contributed by atoms with E-state index in [0.717, 1.165) is 19.4 Å². The zero-order valence-electron chi connectivity index (χ0n) is 12.5. The van der Waals surface area contributed by atoms with E-state index in [1.165, 1.54) is 32.1 Å². The summed E-state index contributed by atoms with van der Waals surface area (Å²) in [4.78, 5) is 15.3. The number of unbranched alkanes of at least 4 members (excludes halogenated alkanes) is 5. The second-order valence-electron chi connectivity index (χ2n) is 4.75. The molecule has 112 valence electrons. The van der Waals surface area contributed by atoms with Crippen LogP contribution >= 0.6 is 0 Å². The number of aliphatic imine (C=N–C) groups is 1. The Morgan fingerprint density at radius 1 is 0.947 bits per heavy atom. The molecule has 0 bridgehead atoms. The first-order chi connectivity index (χ1) is 9.20. The maximum atomic E-state index is 11.3. The van der Waals surface area contributed by atoms with Gasteiger partial charge in [-0.2, -0.15) is 0 Å². The molecule has 5 heteroatoms. The number of nitrogens with two attached hydrogens (primary N) is 1. The summed E-state index contributed by atoms with van der Waals surface area (Å²) in [5.74, 6) is 0.284. The van der Waals surface area contributed by atoms with Crippen LogP contribution in [0.4, 0.5) is 0 Å². The molecule has 0 saturated carbocycles. The minimum absolute atomic E-state index is 0.0776. The third-order valence-electron chi connectivity index (χ3n) is 2.80. The highest BCUT2D eigenvalue weighted by Gasteiger charge is 1.98. The quantitative estimate of drug-likeness (QED) is 0.304. The predicted octanol–water partition coefficient (Wildman–Crippen LogP) is 1.78. The fourth-order valence-corrected chi connectivity index (χ4v) is 1.65. The van der Waals surface area contributed by atoms with Gasteiger partial charge >= 0.3 is 0 Å². The molecule has 0 aliphatic carbocycles. The molecule has 0 aromatic rings. The molecule has 4 N–H and O–H groups in total. The van der Waals surface area contributed by atoms with Crippen LogP contribution in [0.5, 0.6) is 0 Å². The lowest BCUT2D eigenvalue weighted by atomic mass is 10.1. The molecule has 0 aromatic carbocycles. The van der Waals surface area contributed by atoms with E-state index in [-0.39, 0.29) is 12.5 Å². The predicted molar refractivity (Wildman–Crippen MR) is 81.2 cm³/mol. The molecule has 0 aromatic heterocycles. The molecular formula is C14H30N4O. The normalized spacial score (nSPS) is 11.4. The first kappa shape index (κ1) is 17.7. The molecule has 0 aliphatic heterocycles. The van der Waals surface area contributed by atoms with Crippen molar-refractivity contribution in [1.29, 1.82) is 0 Å². The number of guanidine groups is 1. The van der Waals surface area contributed by atoms with E-state index < -0.39 is 0 Å². The van der Waals surface area contributed by atoms with E-state index in [4.69, 9.17) is 5.73 Å². The third-order valence-corrected chi connectivity index (χ3v) is 2.80. The highest BCUT2D eigenvalue weighted by Crippen LogP contribution is 2.03. The average Bonchev–Trinajstić information content (AvgIpc) is 2.41. The molecule has 0 atom stereocenters. The Morgan fingerprint density at radius 3 is 2.32 bits per heavy atom. The van der Waals surface area contributed by atoms with Gasteiger partial charge in [-0.15, -0.1) is 0 Å². The van der Waals surface area contributed by atoms with Gasteiger partial charge in [0.15, 0.2) is 5.96 Å². The van der Waals surface area contributed by atoms with Gasteiger partial charge in [0.2, 0.25) is 5.91 Å². The lowest BCUT2D eigenvalue weighted by molar-refractivity contribution is -0.119. The van der Waals surface area contributed by atoms with Crippen molar-refractivity contribution in [2.45, 2.75) is 58.8 Å². The molecule has 19 heavy (non-hydrogen) atoms. The Balaban J connectivity index is 3.46. The molecule has 0 rings (SSSR count). The van der Waals surface area contributed by atoms with Gasteiger partial charge in [-0.3, -0.25) is 4.79 Å². The van der Waals surface area contributed by atoms with Crippen molar-refractivity contribution in [2.75, 3.05) is 19.6 Å². The second kappa shape index (κ2) is 13.2. The van der Waals surface area contributed by atoms with Crippen LogP contribution < -0.4 is 16.4 Å². The fraction of sp³-hybridized carbons (Fsp3) is 0.857. The number of nitrogens with zero attached hydrogens (tertiary/aromatic N) is 1. The Hall–Kier alpha value is -1.26. The Kier molecular flexibility index (Phi) is 12.3. The van der Waals surface area contributed by atoms with Crippen molar-refractivity contribution in [2.24, 2.45) is 10.7 Å². The number of hydrogen-bond donors (Lipinski definition) is 3. The smallest absolute Gasteiger partial charge is 0.241 e. The summed E-state index contributed by atoms with van der Waals surface area (Å²) in [6.07, 6.45) is 8.45. The summed E-state index contributed by atoms with van der Waals surface area (Å²) in [6.45, 7) is 5.86. The van der Waals surface area contributed by atoms with Crippen molar-refractivity contribution in [3.8, 4) is 0 Å². The summed E-state index contributed by atoms with van der Waals surface area (Å²) in [5, 5.41) is 5.79. The van der Waals surface area contributed by atoms with Gasteiger partial charge in [0, 0.05) is 13.1 Å². The number of rotatable bonds is 11. The van der Waals surface area contributed by atoms with Gasteiger partial charge in [-0.05, 0) is 12.8 Å². The average molecular weight is 270 g/mol. The maximum absolute atomic E-state index is 11.3. The Labute approximate surface area is 117 Å². The van der Waals surface area contributed by atoms with Crippen LogP contribution in [0.2, 0.25) is 0 Å². The van der Waals surface area contributed by atoms with Crippen LogP contribution in [-0.4, -0.2) is 31.5 Å². The lowest BCUT2D eigenvalue weighted by Gasteiger charge is -2.06. The summed E-state index contributed by atoms with van der Waals surface area (Å²) < 4.78 is 0. The second-order valence-corrected chi connectivity index (χ2v) is 4.75. The molecule has 1 amide bonds. The van der Waals surface area contributed by atoms with Gasteiger partial charge in [-0.1, -0.05) is 46.0 Å². The maximum Gasteiger partial charge on any atom is 0.241 e. The van der Waals surface area contributed by atoms with Gasteiger partial charge in [-0.25, -0.2) is 4.99 Å². The van der Waals surface area contributed by atoms with Gasteiger partial charge in [0.25, 0.3) is 0 Å². The summed E-state index contributed by atoms with van der Waals surface area (Å²) in [7, 11) is 0. The highest BCUT2D eigenvalue weighted by molar-refractivity contribution is 5.83. The molecule has 0 radical (unpaired) electrons. The number of hydrogen-bond acceptors (Lipinski definition) is 2. The van der Waals surface area contributed by atoms with Gasteiger partial charge in [0.05, 0.1) is 0 Å². The van der Waals surface area contributed by atoms with Crippen LogP contribution in [0.1, 0.15) is 58.8 Å². The molecule has 0 unspecified atom stereocenters. The van der Waals surface area contributed by atoms with Gasteiger partial charge < -0.3 is 16.4 Å². The van der Waals surface area contributed by atoms with Crippen LogP contribution in [0.15, 0.2) is 4.99 Å². The minimum atomic E-state index is -0.0776. The summed E-state index contributed by atoms with van der Waals surface area (Å²) >= 11 is 0. The number of carbonyl (C=O) groups excluding carboxylic acids is 1. The van der Waals surface area contributed by atoms with Crippen LogP contribution in [0.3, 0.4) is 0 Å². The van der Waals surface area contributed by atoms with Crippen LogP contribution in [0, 0.1) is 0 Å². The third kappa shape index (κ3) is 13.0. The van der Waals surface area contributed by atoms with E-state index >= 15 is 0 Å². The molecule has 5 nitrogen and oxygen atoms in total. The first-order valence-electron chi connectivity index (χ1n) is 7.51. The van der Waals surface area contributed by atoms with E-state index in [9.17, 15) is 4.79 Å². The van der Waals surface area contributed by atoms with E-state index in [1.807, 2.05) is 6.92 Å². The zero-order chi connectivity index (χ0) is 14.3. The topological polar surface area (TPSA) is 79.5 Å². The van der Waals surface area contributed by atoms with Crippen LogP contribution in [0.25, 0.3) is 0 Å². The standard InChI is InChI=1S/C14H30N4O/c1-3-5-6-7-8-9-11-17-14(15)18-12-13(19)16-10-4-2/h3-12H2,1-2H3,(H,16,19)(H3,15,17,18). The van der Waals surface area contributed by atoms with E-state index in [2.05, 4.69) is 22.5 Å². The molecule has 0 saturated heterocycles. The molecule has 0 fully saturated rings. The Morgan fingerprint density at radius 2 is 1.63 bits per heavy atom. The summed E-state index contributed by atoms with van der Waals surface area (Å²) in [6, 6.07) is 0. The molecule has 0 aliphatic rings. The largest absolute Gasteiger partial charge is 0.370 e. The van der Waals surface area contributed by atoms with Crippen LogP contribution in [-0.2, 0) is 4.79 Å². The molecular weight excluding hydrogens is 240 g/mol. The molecule has 0 heterocycles. The SMILES string of the molecule is CCCCCCCCNC(N)=NCC(=O)NCCC. The van der Waals surface area contributed by atoms with E-state index in [0.29, 0.717) is 12.5 Å². The fourth-order valence-electron chi connectivity index (χ4n) is 1.65. The lowest BCUT2D eigenvalue weighted by Crippen LogP contribution is -2.34. The molecule has 0 spiro atoms. The van der Waals surface area contributed by atoms with E-state index in [1.54, 1.807) is 0 Å². The monoisotopic (exact) mass is 270 g/mol. The van der Waals surface area contributed by atoms with Crippen molar-refractivity contribution >= 4 is 11.9 Å². The minimum Gasteiger partial charge on any atom is -0.370 e. The Bertz CT molecular complexity index is 254. The number of carbonyl (C=O) groups is 1. The van der Waals surface area contributed by atoms with Gasteiger partial charge in [0.1, 0.15) is 6.54 Å². The van der Waals surface area contributed by atoms with Crippen molar-refractivity contribution < 1.29 is 4.79 Å². The van der Waals surface area contributed by atoms with Crippen molar-refractivity contribution in [3.05, 3.63) is 0 Å². The summed E-state index contributed by atoms with van der Waals surface area (Å²) in [5.41, 5.74) is 5.67.